The lowest BCUT2D eigenvalue weighted by molar-refractivity contribution is 0.173. The highest BCUT2D eigenvalue weighted by atomic mass is 16.7. The topological polar surface area (TPSA) is 94.7 Å². The molecule has 3 N–H and O–H groups in total. The Morgan fingerprint density at radius 1 is 1.14 bits per heavy atom. The van der Waals surface area contributed by atoms with E-state index in [1.165, 1.54) is 0 Å². The summed E-state index contributed by atoms with van der Waals surface area (Å²) in [5.41, 5.74) is 8.81. The van der Waals surface area contributed by atoms with Gasteiger partial charge in [0.2, 0.25) is 6.79 Å². The molecule has 0 saturated carbocycles. The van der Waals surface area contributed by atoms with Crippen molar-refractivity contribution in [1.82, 2.24) is 9.97 Å². The van der Waals surface area contributed by atoms with Crippen LogP contribution in [0, 0.1) is 6.92 Å². The van der Waals surface area contributed by atoms with Gasteiger partial charge in [-0.3, -0.25) is 4.99 Å². The summed E-state index contributed by atoms with van der Waals surface area (Å²) in [6.45, 7) is 6.28. The molecule has 2 heterocycles. The lowest BCUT2D eigenvalue weighted by Gasteiger charge is -2.12. The summed E-state index contributed by atoms with van der Waals surface area (Å²) in [5.74, 6) is 3.21. The van der Waals surface area contributed by atoms with Gasteiger partial charge in [0.15, 0.2) is 17.5 Å². The Balaban J connectivity index is 0.00000109. The normalized spacial score (nSPS) is 12.5. The first-order chi connectivity index (χ1) is 13.7. The minimum Gasteiger partial charge on any atom is -0.454 e. The number of aromatic nitrogens is 2. The second-order valence-corrected chi connectivity index (χ2v) is 6.00. The van der Waals surface area contributed by atoms with Gasteiger partial charge < -0.3 is 20.5 Å². The molecule has 0 atom stereocenters. The van der Waals surface area contributed by atoms with Crippen molar-refractivity contribution in [3.8, 4) is 11.5 Å². The number of benzene rings is 2. The summed E-state index contributed by atoms with van der Waals surface area (Å²) in [6.07, 6.45) is 0.575. The van der Waals surface area contributed by atoms with Crippen molar-refractivity contribution in [3.63, 3.8) is 0 Å². The predicted molar refractivity (Wildman–Crippen MR) is 112 cm³/mol. The molecule has 28 heavy (non-hydrogen) atoms. The predicted octanol–water partition coefficient (Wildman–Crippen LogP) is 3.64. The summed E-state index contributed by atoms with van der Waals surface area (Å²) in [6, 6.07) is 11.8. The molecule has 0 spiro atoms. The first kappa shape index (κ1) is 19.4. The second kappa shape index (κ2) is 8.56. The molecule has 146 valence electrons. The molecule has 2 aromatic carbocycles. The number of anilines is 1. The van der Waals surface area contributed by atoms with E-state index in [0.717, 1.165) is 33.5 Å². The van der Waals surface area contributed by atoms with Crippen LogP contribution in [0.4, 0.5) is 5.82 Å². The highest BCUT2D eigenvalue weighted by Crippen LogP contribution is 2.37. The Morgan fingerprint density at radius 3 is 2.71 bits per heavy atom. The van der Waals surface area contributed by atoms with Crippen molar-refractivity contribution in [3.05, 3.63) is 53.3 Å². The van der Waals surface area contributed by atoms with Crippen LogP contribution in [0.2, 0.25) is 0 Å². The quantitative estimate of drug-likeness (QED) is 0.533. The van der Waals surface area contributed by atoms with E-state index in [-0.39, 0.29) is 6.79 Å². The average Bonchev–Trinajstić information content (AvgIpc) is 3.21. The van der Waals surface area contributed by atoms with Crippen LogP contribution in [0.5, 0.6) is 11.5 Å². The number of rotatable bonds is 3. The molecule has 0 amide bonds. The fourth-order valence-corrected chi connectivity index (χ4v) is 2.99. The third-order valence-electron chi connectivity index (χ3n) is 4.39. The van der Waals surface area contributed by atoms with Crippen LogP contribution in [0.1, 0.15) is 30.8 Å². The molecule has 7 nitrogen and oxygen atoms in total. The number of nitrogens with two attached hydrogens (primary N) is 1. The van der Waals surface area contributed by atoms with Crippen LogP contribution in [-0.4, -0.2) is 29.8 Å². The summed E-state index contributed by atoms with van der Waals surface area (Å²) in [4.78, 5) is 13.3. The minimum atomic E-state index is 0.260. The maximum Gasteiger partial charge on any atom is 0.231 e. The largest absolute Gasteiger partial charge is 0.454 e. The van der Waals surface area contributed by atoms with E-state index in [2.05, 4.69) is 15.3 Å². The number of aliphatic imine (C=N–C) groups is 1. The number of nitrogens with zero attached hydrogens (tertiary/aromatic N) is 3. The third-order valence-corrected chi connectivity index (χ3v) is 4.39. The summed E-state index contributed by atoms with van der Waals surface area (Å²) < 4.78 is 11.0. The standard InChI is InChI=1S/C19H19N5O2.C2H6/c1-11-12(7-8-15-17(11)26-10-25-15)9-16-22-14-6-4-3-5-13(14)18(23-16)24-19(20)21-2;1-2/h3-8H,9-10H2,1-2H3,(H3,20,21,22,23,24);1-2H3. The van der Waals surface area contributed by atoms with Gasteiger partial charge in [0.05, 0.1) is 5.52 Å². The molecule has 4 rings (SSSR count). The van der Waals surface area contributed by atoms with Gasteiger partial charge in [0, 0.05) is 18.9 Å². The monoisotopic (exact) mass is 379 g/mol. The van der Waals surface area contributed by atoms with Gasteiger partial charge in [-0.1, -0.05) is 32.0 Å². The summed E-state index contributed by atoms with van der Waals surface area (Å²) in [7, 11) is 1.63. The highest BCUT2D eigenvalue weighted by Gasteiger charge is 2.19. The molecule has 0 aliphatic carbocycles. The van der Waals surface area contributed by atoms with Gasteiger partial charge in [0.25, 0.3) is 0 Å². The molecule has 7 heteroatoms. The molecule has 0 radical (unpaired) electrons. The van der Waals surface area contributed by atoms with Crippen molar-refractivity contribution < 1.29 is 9.47 Å². The molecule has 0 fully saturated rings. The minimum absolute atomic E-state index is 0.260. The maximum atomic E-state index is 5.83. The number of fused-ring (bicyclic) bond motifs is 2. The van der Waals surface area contributed by atoms with Crippen LogP contribution in [0.3, 0.4) is 0 Å². The first-order valence-electron chi connectivity index (χ1n) is 9.28. The molecule has 0 saturated heterocycles. The third kappa shape index (κ3) is 3.83. The van der Waals surface area contributed by atoms with Gasteiger partial charge in [0.1, 0.15) is 11.6 Å². The molecule has 1 aliphatic rings. The fourth-order valence-electron chi connectivity index (χ4n) is 2.99. The number of hydrogen-bond acceptors (Lipinski definition) is 5. The van der Waals surface area contributed by atoms with Crippen LogP contribution in [-0.2, 0) is 6.42 Å². The summed E-state index contributed by atoms with van der Waals surface area (Å²) >= 11 is 0. The first-order valence-corrected chi connectivity index (χ1v) is 9.28. The smallest absolute Gasteiger partial charge is 0.231 e. The zero-order valence-electron chi connectivity index (χ0n) is 16.6. The number of para-hydroxylation sites is 1. The molecule has 1 aliphatic heterocycles. The Bertz CT molecular complexity index is 1020. The highest BCUT2D eigenvalue weighted by molar-refractivity contribution is 5.99. The average molecular weight is 379 g/mol. The van der Waals surface area contributed by atoms with Crippen molar-refractivity contribution in [2.45, 2.75) is 27.2 Å². The van der Waals surface area contributed by atoms with Crippen LogP contribution < -0.4 is 20.5 Å². The maximum absolute atomic E-state index is 5.83. The van der Waals surface area contributed by atoms with Crippen molar-refractivity contribution in [2.75, 3.05) is 19.2 Å². The molecule has 0 bridgehead atoms. The molecular formula is C21H25N5O2. The van der Waals surface area contributed by atoms with Crippen molar-refractivity contribution in [1.29, 1.82) is 0 Å². The van der Waals surface area contributed by atoms with E-state index in [4.69, 9.17) is 20.2 Å². The Morgan fingerprint density at radius 2 is 1.93 bits per heavy atom. The van der Waals surface area contributed by atoms with Gasteiger partial charge in [-0.25, -0.2) is 9.97 Å². The van der Waals surface area contributed by atoms with Crippen LogP contribution >= 0.6 is 0 Å². The zero-order valence-corrected chi connectivity index (χ0v) is 16.6. The summed E-state index contributed by atoms with van der Waals surface area (Å²) in [5, 5.41) is 3.94. The molecule has 1 aromatic heterocycles. The van der Waals surface area contributed by atoms with E-state index in [0.29, 0.717) is 24.0 Å². The molecular weight excluding hydrogens is 354 g/mol. The fraction of sp³-hybridized carbons (Fsp3) is 0.286. The lowest BCUT2D eigenvalue weighted by Crippen LogP contribution is -2.23. The van der Waals surface area contributed by atoms with Crippen LogP contribution in [0.25, 0.3) is 10.9 Å². The van der Waals surface area contributed by atoms with Gasteiger partial charge in [-0.05, 0) is 36.2 Å². The number of hydrogen-bond donors (Lipinski definition) is 2. The van der Waals surface area contributed by atoms with Crippen molar-refractivity contribution >= 4 is 22.7 Å². The van der Waals surface area contributed by atoms with Gasteiger partial charge in [-0.2, -0.15) is 0 Å². The van der Waals surface area contributed by atoms with Gasteiger partial charge in [-0.15, -0.1) is 0 Å². The SMILES string of the molecule is CC.CN=C(N)Nc1nc(Cc2ccc3c(c2C)OCO3)nc2ccccc12. The van der Waals surface area contributed by atoms with E-state index in [1.807, 2.05) is 57.2 Å². The number of ether oxygens (including phenoxy) is 2. The molecule has 0 unspecified atom stereocenters. The zero-order chi connectivity index (χ0) is 20.1. The van der Waals surface area contributed by atoms with E-state index < -0.39 is 0 Å². The van der Waals surface area contributed by atoms with E-state index in [1.54, 1.807) is 7.05 Å². The van der Waals surface area contributed by atoms with E-state index in [9.17, 15) is 0 Å². The number of nitrogens with one attached hydrogen (secondary N) is 1. The van der Waals surface area contributed by atoms with E-state index >= 15 is 0 Å². The molecule has 3 aromatic rings. The van der Waals surface area contributed by atoms with Crippen molar-refractivity contribution in [2.24, 2.45) is 10.7 Å². The number of guanidine groups is 1. The van der Waals surface area contributed by atoms with Crippen LogP contribution in [0.15, 0.2) is 41.4 Å². The second-order valence-electron chi connectivity index (χ2n) is 6.00. The van der Waals surface area contributed by atoms with Gasteiger partial charge >= 0.3 is 0 Å². The Hall–Kier alpha value is -3.35. The lowest BCUT2D eigenvalue weighted by atomic mass is 10.0. The Kier molecular flexibility index (Phi) is 5.93. The Labute approximate surface area is 164 Å².